The maximum Gasteiger partial charge on any atom is 0.310 e. The number of hydrogen-bond donors (Lipinski definition) is 2. The average molecular weight is 344 g/mol. The first-order valence-electron chi connectivity index (χ1n) is 8.72. The van der Waals surface area contributed by atoms with Gasteiger partial charge in [0.25, 0.3) is 5.91 Å². The largest absolute Gasteiger partial charge is 0.346 e. The average Bonchev–Trinajstić information content (AvgIpc) is 3.18. The third kappa shape index (κ3) is 3.37. The molecule has 25 heavy (non-hydrogen) atoms. The number of likely N-dealkylation sites (tertiary alicyclic amines) is 1. The highest BCUT2D eigenvalue weighted by Crippen LogP contribution is 2.34. The lowest BCUT2D eigenvalue weighted by Crippen LogP contribution is -2.47. The molecule has 3 rings (SSSR count). The minimum atomic E-state index is -0.807. The summed E-state index contributed by atoms with van der Waals surface area (Å²) in [5.74, 6) is -1.71. The Morgan fingerprint density at radius 2 is 2.00 bits per heavy atom. The first-order valence-corrected chi connectivity index (χ1v) is 8.72. The maximum atomic E-state index is 12.3. The van der Waals surface area contributed by atoms with Crippen LogP contribution in [0.2, 0.25) is 0 Å². The van der Waals surface area contributed by atoms with Gasteiger partial charge in [0.05, 0.1) is 0 Å². The van der Waals surface area contributed by atoms with Crippen molar-refractivity contribution < 1.29 is 14.4 Å². The van der Waals surface area contributed by atoms with E-state index in [1.807, 2.05) is 18.2 Å². The molecular weight excluding hydrogens is 320 g/mol. The van der Waals surface area contributed by atoms with Crippen LogP contribution >= 0.6 is 0 Å². The molecule has 2 aliphatic heterocycles. The van der Waals surface area contributed by atoms with Crippen molar-refractivity contribution in [3.8, 4) is 0 Å². The molecule has 0 saturated carbocycles. The number of likely N-dealkylation sites (N-methyl/N-ethyl adjacent to an activating group) is 2. The van der Waals surface area contributed by atoms with Crippen LogP contribution in [-0.4, -0.2) is 55.3 Å². The highest BCUT2D eigenvalue weighted by Gasteiger charge is 2.37. The molecule has 1 aromatic carbocycles. The lowest BCUT2D eigenvalue weighted by atomic mass is 10.1. The molecule has 1 saturated heterocycles. The van der Waals surface area contributed by atoms with Gasteiger partial charge in [0, 0.05) is 30.9 Å². The minimum absolute atomic E-state index is 0.240. The molecule has 3 amide bonds. The maximum absolute atomic E-state index is 12.3. The molecule has 1 aromatic rings. The van der Waals surface area contributed by atoms with Crippen LogP contribution in [0.15, 0.2) is 24.3 Å². The molecule has 1 fully saturated rings. The van der Waals surface area contributed by atoms with Crippen molar-refractivity contribution >= 4 is 23.4 Å². The first-order chi connectivity index (χ1) is 12.0. The Morgan fingerprint density at radius 3 is 2.76 bits per heavy atom. The molecule has 0 bridgehead atoms. The van der Waals surface area contributed by atoms with E-state index in [0.29, 0.717) is 12.1 Å². The SMILES string of the molecule is CCN1CCC[C@@H]1CNC(=O)C(=O)N[C@H]1C(=O)N(C)c2ccccc21. The highest BCUT2D eigenvalue weighted by atomic mass is 16.2. The second-order valence-electron chi connectivity index (χ2n) is 6.50. The molecule has 7 nitrogen and oxygen atoms in total. The number of amides is 3. The molecule has 2 N–H and O–H groups in total. The number of anilines is 1. The summed E-state index contributed by atoms with van der Waals surface area (Å²) in [5.41, 5.74) is 1.46. The molecule has 2 aliphatic rings. The Kier molecular flexibility index (Phi) is 5.03. The highest BCUT2D eigenvalue weighted by molar-refractivity contribution is 6.35. The Balaban J connectivity index is 1.59. The van der Waals surface area contributed by atoms with E-state index < -0.39 is 17.9 Å². The minimum Gasteiger partial charge on any atom is -0.346 e. The van der Waals surface area contributed by atoms with Crippen LogP contribution in [-0.2, 0) is 14.4 Å². The molecular formula is C18H24N4O3. The number of benzene rings is 1. The van der Waals surface area contributed by atoms with Gasteiger partial charge in [0.2, 0.25) is 0 Å². The molecule has 134 valence electrons. The summed E-state index contributed by atoms with van der Waals surface area (Å²) in [6.45, 7) is 4.51. The zero-order valence-electron chi connectivity index (χ0n) is 14.6. The molecule has 0 radical (unpaired) electrons. The number of fused-ring (bicyclic) bond motifs is 1. The van der Waals surface area contributed by atoms with Gasteiger partial charge in [0.1, 0.15) is 6.04 Å². The van der Waals surface area contributed by atoms with Crippen molar-refractivity contribution in [2.24, 2.45) is 0 Å². The Hall–Kier alpha value is -2.41. The Labute approximate surface area is 147 Å². The van der Waals surface area contributed by atoms with Crippen molar-refractivity contribution in [3.05, 3.63) is 29.8 Å². The summed E-state index contributed by atoms with van der Waals surface area (Å²) in [7, 11) is 1.66. The third-order valence-electron chi connectivity index (χ3n) is 5.07. The zero-order chi connectivity index (χ0) is 18.0. The lowest BCUT2D eigenvalue weighted by molar-refractivity contribution is -0.140. The standard InChI is InChI=1S/C18H24N4O3/c1-3-22-10-6-7-12(22)11-19-16(23)17(24)20-15-13-8-4-5-9-14(13)21(2)18(15)25/h4-5,8-9,12,15H,3,6-7,10-11H2,1-2H3,(H,19,23)(H,20,24)/t12-,15-/m1/s1. The van der Waals surface area contributed by atoms with Gasteiger partial charge in [-0.05, 0) is 32.0 Å². The van der Waals surface area contributed by atoms with Crippen molar-refractivity contribution in [2.75, 3.05) is 31.6 Å². The summed E-state index contributed by atoms with van der Waals surface area (Å²) >= 11 is 0. The molecule has 7 heteroatoms. The summed E-state index contributed by atoms with van der Waals surface area (Å²) in [6, 6.07) is 6.72. The molecule has 2 atom stereocenters. The first kappa shape index (κ1) is 17.4. The number of rotatable bonds is 4. The van der Waals surface area contributed by atoms with Gasteiger partial charge in [-0.15, -0.1) is 0 Å². The molecule has 2 heterocycles. The number of nitrogens with one attached hydrogen (secondary N) is 2. The second-order valence-corrected chi connectivity index (χ2v) is 6.50. The fourth-order valence-electron chi connectivity index (χ4n) is 3.65. The summed E-state index contributed by atoms with van der Waals surface area (Å²) in [6.07, 6.45) is 2.13. The van der Waals surface area contributed by atoms with Crippen LogP contribution in [0.25, 0.3) is 0 Å². The quantitative estimate of drug-likeness (QED) is 0.776. The summed E-state index contributed by atoms with van der Waals surface area (Å²) in [5, 5.41) is 5.25. The predicted molar refractivity (Wildman–Crippen MR) is 94.0 cm³/mol. The number of hydrogen-bond acceptors (Lipinski definition) is 4. The zero-order valence-corrected chi connectivity index (χ0v) is 14.6. The number of para-hydroxylation sites is 1. The van der Waals surface area contributed by atoms with Gasteiger partial charge in [0.15, 0.2) is 0 Å². The van der Waals surface area contributed by atoms with Crippen molar-refractivity contribution in [3.63, 3.8) is 0 Å². The predicted octanol–water partition coefficient (Wildman–Crippen LogP) is 0.421. The van der Waals surface area contributed by atoms with Crippen molar-refractivity contribution in [1.82, 2.24) is 15.5 Å². The van der Waals surface area contributed by atoms with E-state index in [-0.39, 0.29) is 11.9 Å². The van der Waals surface area contributed by atoms with Gasteiger partial charge in [-0.3, -0.25) is 19.3 Å². The van der Waals surface area contributed by atoms with Crippen molar-refractivity contribution in [1.29, 1.82) is 0 Å². The summed E-state index contributed by atoms with van der Waals surface area (Å²) < 4.78 is 0. The number of nitrogens with zero attached hydrogens (tertiary/aromatic N) is 2. The van der Waals surface area contributed by atoms with Crippen LogP contribution in [0, 0.1) is 0 Å². The Morgan fingerprint density at radius 1 is 1.24 bits per heavy atom. The van der Waals surface area contributed by atoms with Gasteiger partial charge in [-0.2, -0.15) is 0 Å². The number of carbonyl (C=O) groups excluding carboxylic acids is 3. The lowest BCUT2D eigenvalue weighted by Gasteiger charge is -2.22. The van der Waals surface area contributed by atoms with Crippen LogP contribution in [0.5, 0.6) is 0 Å². The van der Waals surface area contributed by atoms with Gasteiger partial charge in [-0.1, -0.05) is 25.1 Å². The molecule has 0 spiro atoms. The summed E-state index contributed by atoms with van der Waals surface area (Å²) in [4.78, 5) is 40.5. The van der Waals surface area contributed by atoms with Crippen LogP contribution in [0.1, 0.15) is 31.4 Å². The van der Waals surface area contributed by atoms with E-state index in [1.165, 1.54) is 4.90 Å². The smallest absolute Gasteiger partial charge is 0.310 e. The van der Waals surface area contributed by atoms with E-state index in [0.717, 1.165) is 31.6 Å². The molecule has 0 aromatic heterocycles. The van der Waals surface area contributed by atoms with Crippen LogP contribution in [0.3, 0.4) is 0 Å². The van der Waals surface area contributed by atoms with E-state index in [9.17, 15) is 14.4 Å². The normalized spacial score (nSPS) is 22.8. The second kappa shape index (κ2) is 7.23. The van der Waals surface area contributed by atoms with E-state index in [1.54, 1.807) is 13.1 Å². The molecule has 0 unspecified atom stereocenters. The van der Waals surface area contributed by atoms with Crippen molar-refractivity contribution in [2.45, 2.75) is 31.8 Å². The fraction of sp³-hybridized carbons (Fsp3) is 0.500. The fourth-order valence-corrected chi connectivity index (χ4v) is 3.65. The molecule has 0 aliphatic carbocycles. The number of carbonyl (C=O) groups is 3. The van der Waals surface area contributed by atoms with Crippen LogP contribution < -0.4 is 15.5 Å². The Bertz CT molecular complexity index is 691. The van der Waals surface area contributed by atoms with Gasteiger partial charge >= 0.3 is 11.8 Å². The van der Waals surface area contributed by atoms with Gasteiger partial charge < -0.3 is 15.5 Å². The van der Waals surface area contributed by atoms with E-state index in [2.05, 4.69) is 22.5 Å². The van der Waals surface area contributed by atoms with E-state index in [4.69, 9.17) is 0 Å². The van der Waals surface area contributed by atoms with E-state index >= 15 is 0 Å². The third-order valence-corrected chi connectivity index (χ3v) is 5.07. The van der Waals surface area contributed by atoms with Crippen LogP contribution in [0.4, 0.5) is 5.69 Å². The van der Waals surface area contributed by atoms with Gasteiger partial charge in [-0.25, -0.2) is 0 Å². The monoisotopic (exact) mass is 344 g/mol. The topological polar surface area (TPSA) is 81.8 Å².